The molecule has 0 aromatic rings. The summed E-state index contributed by atoms with van der Waals surface area (Å²) < 4.78 is 19.4. The van der Waals surface area contributed by atoms with Crippen LogP contribution in [0, 0.1) is 11.3 Å². The minimum atomic E-state index is -3.58. The quantitative estimate of drug-likeness (QED) is 0.332. The molecule has 0 rings (SSSR count). The minimum Gasteiger partial charge on any atom is -0.478 e. The molecule has 0 heterocycles. The monoisotopic (exact) mass is 494 g/mol. The van der Waals surface area contributed by atoms with Crippen LogP contribution in [-0.2, 0) is 21.9 Å². The summed E-state index contributed by atoms with van der Waals surface area (Å²) in [5.41, 5.74) is -1.30. The highest BCUT2D eigenvalue weighted by Gasteiger charge is 2.57. The molecule has 1 atom stereocenters. The van der Waals surface area contributed by atoms with Gasteiger partial charge in [0, 0.05) is 0 Å². The van der Waals surface area contributed by atoms with Gasteiger partial charge in [-0.1, -0.05) is 34.6 Å². The summed E-state index contributed by atoms with van der Waals surface area (Å²) in [7, 11) is -7.74. The predicted octanol–water partition coefficient (Wildman–Crippen LogP) is 3.85. The van der Waals surface area contributed by atoms with E-state index in [0.29, 0.717) is 16.9 Å². The van der Waals surface area contributed by atoms with Crippen molar-refractivity contribution in [1.29, 1.82) is 0 Å². The molecule has 0 aromatic heterocycles. The third-order valence-corrected chi connectivity index (χ3v) is 14.9. The Labute approximate surface area is 188 Å². The summed E-state index contributed by atoms with van der Waals surface area (Å²) in [5.74, 6) is -2.95. The minimum absolute atomic E-state index is 0.106. The molecule has 0 fully saturated rings. The first-order chi connectivity index (χ1) is 13.2. The molecule has 176 valence electrons. The van der Waals surface area contributed by atoms with Crippen molar-refractivity contribution < 1.29 is 32.1 Å². The van der Waals surface area contributed by atoms with Crippen LogP contribution >= 0.6 is 0 Å². The van der Waals surface area contributed by atoms with Crippen molar-refractivity contribution in [1.82, 2.24) is 0 Å². The zero-order valence-electron chi connectivity index (χ0n) is 20.8. The second-order valence-electron chi connectivity index (χ2n) is 11.1. The maximum absolute atomic E-state index is 12.5. The molecule has 0 aliphatic heterocycles. The molecule has 1 unspecified atom stereocenters. The lowest BCUT2D eigenvalue weighted by molar-refractivity contribution is -0.136. The number of rotatable bonds is 11. The molecule has 0 spiro atoms. The second kappa shape index (κ2) is 10.4. The summed E-state index contributed by atoms with van der Waals surface area (Å²) in [4.78, 5) is 24.7. The molecule has 0 saturated heterocycles. The van der Waals surface area contributed by atoms with E-state index in [1.165, 1.54) is 0 Å². The molecule has 30 heavy (non-hydrogen) atoms. The molecule has 11 heteroatoms. The van der Waals surface area contributed by atoms with Gasteiger partial charge in [0.25, 0.3) is 0 Å². The van der Waals surface area contributed by atoms with Crippen molar-refractivity contribution in [3.63, 3.8) is 0 Å². The van der Waals surface area contributed by atoms with Gasteiger partial charge in [-0.15, -0.1) is 0 Å². The molecular formula is C19H42O7Si4. The van der Waals surface area contributed by atoms with E-state index >= 15 is 0 Å². The van der Waals surface area contributed by atoms with Gasteiger partial charge >= 0.3 is 20.7 Å². The second-order valence-corrected chi connectivity index (χ2v) is 24.8. The van der Waals surface area contributed by atoms with Crippen molar-refractivity contribution in [2.75, 3.05) is 0 Å². The van der Waals surface area contributed by atoms with Gasteiger partial charge in [-0.2, -0.15) is 0 Å². The number of carboxylic acids is 2. The number of hydrogen-bond acceptors (Lipinski definition) is 5. The summed E-state index contributed by atoms with van der Waals surface area (Å²) in [6, 6.07) is 0. The first-order valence-electron chi connectivity index (χ1n) is 10.3. The predicted molar refractivity (Wildman–Crippen MR) is 131 cm³/mol. The Morgan fingerprint density at radius 1 is 0.867 bits per heavy atom. The van der Waals surface area contributed by atoms with Gasteiger partial charge in [-0.3, -0.25) is 0 Å². The number of carboxylic acid groups (broad SMARTS) is 2. The van der Waals surface area contributed by atoms with Gasteiger partial charge in [0.1, 0.15) is 10.5 Å². The molecule has 0 aliphatic rings. The van der Waals surface area contributed by atoms with Gasteiger partial charge in [-0.05, 0) is 57.0 Å². The van der Waals surface area contributed by atoms with Crippen LogP contribution in [0.2, 0.25) is 44.8 Å². The van der Waals surface area contributed by atoms with E-state index in [0.717, 1.165) is 0 Å². The Morgan fingerprint density at radius 3 is 1.43 bits per heavy atom. The van der Waals surface area contributed by atoms with Crippen LogP contribution < -0.4 is 0 Å². The molecular weight excluding hydrogens is 453 g/mol. The van der Waals surface area contributed by atoms with E-state index in [4.69, 9.17) is 12.3 Å². The fourth-order valence-corrected chi connectivity index (χ4v) is 16.7. The van der Waals surface area contributed by atoms with Crippen LogP contribution in [0.5, 0.6) is 0 Å². The van der Waals surface area contributed by atoms with Gasteiger partial charge in [-0.25, -0.2) is 9.59 Å². The smallest absolute Gasteiger partial charge is 0.477 e. The lowest BCUT2D eigenvalue weighted by Gasteiger charge is -2.45. The van der Waals surface area contributed by atoms with Crippen LogP contribution in [-0.4, -0.2) is 58.1 Å². The van der Waals surface area contributed by atoms with E-state index < -0.39 is 48.8 Å². The van der Waals surface area contributed by atoms with Crippen LogP contribution in [0.25, 0.3) is 0 Å². The standard InChI is InChI=1S/C19H42O7Si4/c1-13(2)15(17(20)21)16(18(22)23)14(12-19(3,4)5)30(24-27,25-28(6,7)8)26-29(9,10)11/h13-14H,12H2,1-11,27H3,(H,20,21)(H,22,23). The van der Waals surface area contributed by atoms with E-state index in [-0.39, 0.29) is 16.6 Å². The van der Waals surface area contributed by atoms with Crippen molar-refractivity contribution >= 4 is 47.9 Å². The lowest BCUT2D eigenvalue weighted by Crippen LogP contribution is -2.60. The lowest BCUT2D eigenvalue weighted by atomic mass is 9.85. The van der Waals surface area contributed by atoms with Crippen molar-refractivity contribution in [3.05, 3.63) is 11.1 Å². The summed E-state index contributed by atoms with van der Waals surface area (Å²) in [6.45, 7) is 21.5. The van der Waals surface area contributed by atoms with Gasteiger partial charge < -0.3 is 22.6 Å². The normalized spacial score (nSPS) is 15.9. The SMILES string of the molecule is CC(C)C(C(=O)O)=C(C(=O)O)C(CC(C)(C)C)[Si](O[SiH3])(O[Si](C)(C)C)O[Si](C)(C)C. The fourth-order valence-electron chi connectivity index (χ4n) is 3.38. The van der Waals surface area contributed by atoms with Gasteiger partial charge in [0.05, 0.1) is 16.7 Å². The highest BCUT2D eigenvalue weighted by atomic mass is 28.5. The van der Waals surface area contributed by atoms with E-state index in [1.54, 1.807) is 13.8 Å². The van der Waals surface area contributed by atoms with E-state index in [9.17, 15) is 19.8 Å². The number of hydrogen-bond donors (Lipinski definition) is 2. The maximum atomic E-state index is 12.5. The van der Waals surface area contributed by atoms with Gasteiger partial charge in [0.15, 0.2) is 16.6 Å². The highest BCUT2D eigenvalue weighted by molar-refractivity contribution is 6.87. The summed E-state index contributed by atoms with van der Waals surface area (Å²) >= 11 is 0. The third kappa shape index (κ3) is 9.28. The zero-order valence-corrected chi connectivity index (χ0v) is 25.8. The Kier molecular flexibility index (Phi) is 10.2. The maximum Gasteiger partial charge on any atom is 0.477 e. The molecule has 0 aromatic carbocycles. The first-order valence-corrected chi connectivity index (χ1v) is 19.8. The topological polar surface area (TPSA) is 102 Å². The van der Waals surface area contributed by atoms with E-state index in [2.05, 4.69) is 0 Å². The molecule has 2 N–H and O–H groups in total. The first kappa shape index (κ1) is 29.4. The third-order valence-electron chi connectivity index (χ3n) is 4.10. The Balaban J connectivity index is 7.31. The fraction of sp³-hybridized carbons (Fsp3) is 0.789. The summed E-state index contributed by atoms with van der Waals surface area (Å²) in [5, 5.41) is 20.1. The average molecular weight is 495 g/mol. The highest BCUT2D eigenvalue weighted by Crippen LogP contribution is 2.45. The van der Waals surface area contributed by atoms with Crippen molar-refractivity contribution in [2.24, 2.45) is 11.3 Å². The van der Waals surface area contributed by atoms with Crippen molar-refractivity contribution in [2.45, 2.75) is 85.9 Å². The number of aliphatic carboxylic acids is 2. The molecule has 0 aliphatic carbocycles. The van der Waals surface area contributed by atoms with Crippen LogP contribution in [0.3, 0.4) is 0 Å². The van der Waals surface area contributed by atoms with Crippen LogP contribution in [0.15, 0.2) is 11.1 Å². The largest absolute Gasteiger partial charge is 0.478 e. The van der Waals surface area contributed by atoms with E-state index in [1.807, 2.05) is 60.1 Å². The summed E-state index contributed by atoms with van der Waals surface area (Å²) in [6.07, 6.45) is 0.390. The Bertz CT molecular complexity index is 639. The molecule has 0 amide bonds. The number of carbonyl (C=O) groups is 2. The molecule has 0 radical (unpaired) electrons. The molecule has 0 bridgehead atoms. The zero-order chi connectivity index (χ0) is 24.3. The molecule has 0 saturated carbocycles. The van der Waals surface area contributed by atoms with Crippen molar-refractivity contribution in [3.8, 4) is 0 Å². The van der Waals surface area contributed by atoms with Gasteiger partial charge in [0.2, 0.25) is 0 Å². The Hall–Kier alpha value is -0.572. The van der Waals surface area contributed by atoms with Crippen LogP contribution in [0.4, 0.5) is 0 Å². The Morgan fingerprint density at radius 2 is 1.23 bits per heavy atom. The average Bonchev–Trinajstić information content (AvgIpc) is 2.44. The van der Waals surface area contributed by atoms with Crippen LogP contribution in [0.1, 0.15) is 41.0 Å². The molecule has 7 nitrogen and oxygen atoms in total.